The molecule has 0 saturated carbocycles. The summed E-state index contributed by atoms with van der Waals surface area (Å²) in [6, 6.07) is 11.3. The first-order valence-corrected chi connectivity index (χ1v) is 10.3. The van der Waals surface area contributed by atoms with E-state index in [0.29, 0.717) is 10.6 Å². The van der Waals surface area contributed by atoms with Crippen LogP contribution in [-0.4, -0.2) is 48.5 Å². The Labute approximate surface area is 167 Å². The Morgan fingerprint density at radius 1 is 1.19 bits per heavy atom. The number of nitrogens with zero attached hydrogens (tertiary/aromatic N) is 3. The van der Waals surface area contributed by atoms with Crippen LogP contribution in [0.4, 0.5) is 11.4 Å². The zero-order valence-electron chi connectivity index (χ0n) is 15.1. The van der Waals surface area contributed by atoms with E-state index in [4.69, 9.17) is 11.6 Å². The fourth-order valence-electron chi connectivity index (χ4n) is 3.38. The smallest absolute Gasteiger partial charge is 0.255 e. The number of fused-ring (bicyclic) bond motifs is 1. The highest BCUT2D eigenvalue weighted by Crippen LogP contribution is 2.31. The van der Waals surface area contributed by atoms with Crippen molar-refractivity contribution < 1.29 is 4.79 Å². The SMILES string of the molecule is CCN1CCN(c2ccc(Cl)cc2NC(=O)c2ccc3ncsc3c2)CC1. The normalized spacial score (nSPS) is 15.3. The maximum atomic E-state index is 12.8. The molecule has 7 heteroatoms. The maximum absolute atomic E-state index is 12.8. The molecule has 0 radical (unpaired) electrons. The summed E-state index contributed by atoms with van der Waals surface area (Å²) in [6.45, 7) is 7.17. The van der Waals surface area contributed by atoms with E-state index in [1.807, 2.05) is 36.4 Å². The third-order valence-corrected chi connectivity index (χ3v) is 5.99. The van der Waals surface area contributed by atoms with Crippen LogP contribution in [0.1, 0.15) is 17.3 Å². The van der Waals surface area contributed by atoms with Crippen LogP contribution in [0.15, 0.2) is 41.9 Å². The van der Waals surface area contributed by atoms with Crippen molar-refractivity contribution in [2.45, 2.75) is 6.92 Å². The van der Waals surface area contributed by atoms with Gasteiger partial charge in [0.1, 0.15) is 0 Å². The molecule has 2 aromatic carbocycles. The van der Waals surface area contributed by atoms with Crippen LogP contribution < -0.4 is 10.2 Å². The zero-order chi connectivity index (χ0) is 18.8. The molecule has 1 amide bonds. The van der Waals surface area contributed by atoms with Crippen molar-refractivity contribution in [3.8, 4) is 0 Å². The monoisotopic (exact) mass is 400 g/mol. The summed E-state index contributed by atoms with van der Waals surface area (Å²) in [4.78, 5) is 21.8. The predicted molar refractivity (Wildman–Crippen MR) is 113 cm³/mol. The molecule has 1 fully saturated rings. The molecular weight excluding hydrogens is 380 g/mol. The van der Waals surface area contributed by atoms with Crippen molar-refractivity contribution in [1.82, 2.24) is 9.88 Å². The van der Waals surface area contributed by atoms with Gasteiger partial charge in [-0.05, 0) is 42.9 Å². The van der Waals surface area contributed by atoms with Gasteiger partial charge in [0.2, 0.25) is 0 Å². The van der Waals surface area contributed by atoms with E-state index in [2.05, 4.69) is 27.0 Å². The molecule has 3 aromatic rings. The first kappa shape index (κ1) is 18.2. The lowest BCUT2D eigenvalue weighted by Gasteiger charge is -2.36. The number of rotatable bonds is 4. The Hall–Kier alpha value is -2.15. The van der Waals surface area contributed by atoms with Gasteiger partial charge in [-0.1, -0.05) is 18.5 Å². The molecule has 0 bridgehead atoms. The molecule has 0 atom stereocenters. The van der Waals surface area contributed by atoms with E-state index < -0.39 is 0 Å². The number of halogens is 1. The van der Waals surface area contributed by atoms with E-state index in [-0.39, 0.29) is 5.91 Å². The molecule has 0 unspecified atom stereocenters. The molecule has 4 rings (SSSR count). The van der Waals surface area contributed by atoms with Gasteiger partial charge in [-0.3, -0.25) is 4.79 Å². The quantitative estimate of drug-likeness (QED) is 0.707. The first-order valence-electron chi connectivity index (χ1n) is 9.05. The Balaban J connectivity index is 1.57. The van der Waals surface area contributed by atoms with Gasteiger partial charge in [0.05, 0.1) is 27.1 Å². The number of amides is 1. The number of aromatic nitrogens is 1. The van der Waals surface area contributed by atoms with Crippen LogP contribution in [-0.2, 0) is 0 Å². The third kappa shape index (κ3) is 3.93. The van der Waals surface area contributed by atoms with E-state index in [1.54, 1.807) is 5.51 Å². The number of carbonyl (C=O) groups excluding carboxylic acids is 1. The summed E-state index contributed by atoms with van der Waals surface area (Å²) in [6.07, 6.45) is 0. The molecule has 140 valence electrons. The zero-order valence-corrected chi connectivity index (χ0v) is 16.7. The van der Waals surface area contributed by atoms with Crippen LogP contribution in [0.5, 0.6) is 0 Å². The third-order valence-electron chi connectivity index (χ3n) is 4.96. The van der Waals surface area contributed by atoms with Gasteiger partial charge in [0, 0.05) is 36.8 Å². The van der Waals surface area contributed by atoms with Gasteiger partial charge in [0.15, 0.2) is 0 Å². The highest BCUT2D eigenvalue weighted by molar-refractivity contribution is 7.16. The number of hydrogen-bond donors (Lipinski definition) is 1. The number of hydrogen-bond acceptors (Lipinski definition) is 5. The summed E-state index contributed by atoms with van der Waals surface area (Å²) >= 11 is 7.74. The largest absolute Gasteiger partial charge is 0.367 e. The molecule has 1 aromatic heterocycles. The average molecular weight is 401 g/mol. The Kier molecular flexibility index (Phi) is 5.29. The second-order valence-corrected chi connectivity index (χ2v) is 7.89. The molecule has 1 aliphatic rings. The van der Waals surface area contributed by atoms with Crippen molar-refractivity contribution in [2.24, 2.45) is 0 Å². The molecular formula is C20H21ClN4OS. The number of carbonyl (C=O) groups is 1. The van der Waals surface area contributed by atoms with Gasteiger partial charge in [0.25, 0.3) is 5.91 Å². The van der Waals surface area contributed by atoms with E-state index in [1.165, 1.54) is 11.3 Å². The average Bonchev–Trinajstić information content (AvgIpc) is 3.16. The van der Waals surface area contributed by atoms with Crippen molar-refractivity contribution in [3.05, 3.63) is 52.5 Å². The summed E-state index contributed by atoms with van der Waals surface area (Å²) in [5.74, 6) is -0.138. The maximum Gasteiger partial charge on any atom is 0.255 e. The first-order chi connectivity index (χ1) is 13.1. The van der Waals surface area contributed by atoms with Gasteiger partial charge in [-0.15, -0.1) is 11.3 Å². The standard InChI is InChI=1S/C20H21ClN4OS/c1-2-24-7-9-25(10-8-24)18-6-4-15(21)12-17(18)23-20(26)14-3-5-16-19(11-14)27-13-22-16/h3-6,11-13H,2,7-10H2,1H3,(H,23,26). The minimum atomic E-state index is -0.138. The van der Waals surface area contributed by atoms with Crippen LogP contribution in [0.3, 0.4) is 0 Å². The number of benzene rings is 2. The van der Waals surface area contributed by atoms with Crippen LogP contribution in [0.2, 0.25) is 5.02 Å². The molecule has 1 aliphatic heterocycles. The summed E-state index contributed by atoms with van der Waals surface area (Å²) in [7, 11) is 0. The number of anilines is 2. The van der Waals surface area contributed by atoms with Gasteiger partial charge in [-0.2, -0.15) is 0 Å². The highest BCUT2D eigenvalue weighted by atomic mass is 35.5. The Bertz CT molecular complexity index is 966. The fraction of sp³-hybridized carbons (Fsp3) is 0.300. The van der Waals surface area contributed by atoms with Gasteiger partial charge < -0.3 is 15.1 Å². The van der Waals surface area contributed by atoms with Crippen LogP contribution >= 0.6 is 22.9 Å². The fourth-order valence-corrected chi connectivity index (χ4v) is 4.27. The van der Waals surface area contributed by atoms with Crippen LogP contribution in [0.25, 0.3) is 10.2 Å². The summed E-state index contributed by atoms with van der Waals surface area (Å²) in [5.41, 5.74) is 5.09. The van der Waals surface area contributed by atoms with Crippen molar-refractivity contribution in [3.63, 3.8) is 0 Å². The van der Waals surface area contributed by atoms with Gasteiger partial charge in [-0.25, -0.2) is 4.98 Å². The van der Waals surface area contributed by atoms with Crippen LogP contribution in [0, 0.1) is 0 Å². The molecule has 2 heterocycles. The van der Waals surface area contributed by atoms with Gasteiger partial charge >= 0.3 is 0 Å². The Morgan fingerprint density at radius 2 is 2.00 bits per heavy atom. The highest BCUT2D eigenvalue weighted by Gasteiger charge is 2.20. The van der Waals surface area contributed by atoms with E-state index in [0.717, 1.165) is 54.3 Å². The number of likely N-dealkylation sites (N-methyl/N-ethyl adjacent to an activating group) is 1. The second-order valence-electron chi connectivity index (χ2n) is 6.57. The van der Waals surface area contributed by atoms with Crippen molar-refractivity contribution >= 4 is 50.4 Å². The Morgan fingerprint density at radius 3 is 2.78 bits per heavy atom. The van der Waals surface area contributed by atoms with E-state index in [9.17, 15) is 4.79 Å². The topological polar surface area (TPSA) is 48.5 Å². The lowest BCUT2D eigenvalue weighted by molar-refractivity contribution is 0.102. The summed E-state index contributed by atoms with van der Waals surface area (Å²) in [5, 5.41) is 3.66. The number of piperazine rings is 1. The predicted octanol–water partition coefficient (Wildman–Crippen LogP) is 4.34. The van der Waals surface area contributed by atoms with Crippen molar-refractivity contribution in [1.29, 1.82) is 0 Å². The molecule has 1 saturated heterocycles. The molecule has 0 aliphatic carbocycles. The number of nitrogens with one attached hydrogen (secondary N) is 1. The lowest BCUT2D eigenvalue weighted by atomic mass is 10.1. The molecule has 0 spiro atoms. The minimum Gasteiger partial charge on any atom is -0.367 e. The number of thiazole rings is 1. The van der Waals surface area contributed by atoms with E-state index >= 15 is 0 Å². The second kappa shape index (κ2) is 7.84. The molecule has 27 heavy (non-hydrogen) atoms. The summed E-state index contributed by atoms with van der Waals surface area (Å²) < 4.78 is 1.00. The lowest BCUT2D eigenvalue weighted by Crippen LogP contribution is -2.46. The molecule has 5 nitrogen and oxygen atoms in total. The minimum absolute atomic E-state index is 0.138. The van der Waals surface area contributed by atoms with Crippen molar-refractivity contribution in [2.75, 3.05) is 42.9 Å². The molecule has 1 N–H and O–H groups in total.